The molecule has 1 fully saturated rings. The molecular formula is C22H28ClN5O3S. The van der Waals surface area contributed by atoms with Crippen molar-refractivity contribution in [3.8, 4) is 0 Å². The molecule has 1 aromatic carbocycles. The first-order chi connectivity index (χ1) is 15.4. The van der Waals surface area contributed by atoms with Gasteiger partial charge < -0.3 is 19.9 Å². The molecule has 1 unspecified atom stereocenters. The van der Waals surface area contributed by atoms with Crippen molar-refractivity contribution in [3.63, 3.8) is 0 Å². The number of hydrogen-bond donors (Lipinski definition) is 1. The van der Waals surface area contributed by atoms with Crippen molar-refractivity contribution in [2.24, 2.45) is 5.92 Å². The van der Waals surface area contributed by atoms with Crippen molar-refractivity contribution in [3.05, 3.63) is 35.0 Å². The monoisotopic (exact) mass is 477 g/mol. The summed E-state index contributed by atoms with van der Waals surface area (Å²) < 4.78 is 17.6. The zero-order valence-corrected chi connectivity index (χ0v) is 20.1. The summed E-state index contributed by atoms with van der Waals surface area (Å²) in [4.78, 5) is 26.8. The van der Waals surface area contributed by atoms with Crippen molar-refractivity contribution in [1.82, 2.24) is 9.97 Å². The average molecular weight is 478 g/mol. The molecule has 32 heavy (non-hydrogen) atoms. The number of ether oxygens (including phenoxy) is 1. The van der Waals surface area contributed by atoms with Gasteiger partial charge in [-0.25, -0.2) is 9.78 Å². The molecule has 0 radical (unpaired) electrons. The van der Waals surface area contributed by atoms with E-state index in [4.69, 9.17) is 26.3 Å². The highest BCUT2D eigenvalue weighted by Crippen LogP contribution is 2.31. The van der Waals surface area contributed by atoms with Gasteiger partial charge in [-0.3, -0.25) is 4.21 Å². The van der Waals surface area contributed by atoms with Crippen molar-refractivity contribution < 1.29 is 13.7 Å². The van der Waals surface area contributed by atoms with E-state index in [0.717, 1.165) is 42.6 Å². The SMILES string of the molecule is COC(=O)[C@H](Nc1nc(N2CCN(c3ccc(Cl)cc3)CC2)nc2c1S(=O)CC2)C(C)C. The maximum atomic E-state index is 12.6. The minimum Gasteiger partial charge on any atom is -0.467 e. The van der Waals surface area contributed by atoms with Crippen LogP contribution in [0.1, 0.15) is 19.5 Å². The van der Waals surface area contributed by atoms with Crippen LogP contribution in [-0.4, -0.2) is 65.2 Å². The number of fused-ring (bicyclic) bond motifs is 1. The number of nitrogens with zero attached hydrogens (tertiary/aromatic N) is 4. The molecule has 172 valence electrons. The van der Waals surface area contributed by atoms with Gasteiger partial charge in [0.15, 0.2) is 0 Å². The molecule has 4 rings (SSSR count). The number of hydrogen-bond acceptors (Lipinski definition) is 8. The van der Waals surface area contributed by atoms with Crippen LogP contribution in [0.3, 0.4) is 0 Å². The predicted molar refractivity (Wildman–Crippen MR) is 127 cm³/mol. The first-order valence-corrected chi connectivity index (χ1v) is 12.5. The zero-order valence-electron chi connectivity index (χ0n) is 18.5. The number of anilines is 3. The lowest BCUT2D eigenvalue weighted by molar-refractivity contribution is -0.142. The third-order valence-electron chi connectivity index (χ3n) is 5.84. The maximum absolute atomic E-state index is 12.6. The average Bonchev–Trinajstić information content (AvgIpc) is 3.18. The van der Waals surface area contributed by atoms with E-state index in [2.05, 4.69) is 15.1 Å². The summed E-state index contributed by atoms with van der Waals surface area (Å²) in [6.07, 6.45) is 0.640. The first-order valence-electron chi connectivity index (χ1n) is 10.8. The fourth-order valence-electron chi connectivity index (χ4n) is 4.01. The highest BCUT2D eigenvalue weighted by Gasteiger charge is 2.31. The van der Waals surface area contributed by atoms with Gasteiger partial charge in [0.05, 0.1) is 23.6 Å². The highest BCUT2D eigenvalue weighted by atomic mass is 35.5. The van der Waals surface area contributed by atoms with E-state index in [0.29, 0.717) is 28.8 Å². The fraction of sp³-hybridized carbons (Fsp3) is 0.500. The van der Waals surface area contributed by atoms with Crippen LogP contribution in [0, 0.1) is 5.92 Å². The fourth-order valence-corrected chi connectivity index (χ4v) is 5.45. The molecule has 1 aromatic heterocycles. The molecule has 0 aliphatic carbocycles. The standard InChI is InChI=1S/C22H28ClN5O3S/c1-14(2)18(21(29)31-3)25-20-19-17(8-13-32(19)30)24-22(26-20)28-11-9-27(10-12-28)16-6-4-15(23)5-7-16/h4-7,14,18H,8-13H2,1-3H3,(H,24,25,26)/t18-,32?/m1/s1. The Hall–Kier alpha value is -2.39. The Balaban J connectivity index is 1.56. The number of rotatable bonds is 6. The van der Waals surface area contributed by atoms with E-state index < -0.39 is 16.8 Å². The Morgan fingerprint density at radius 1 is 1.12 bits per heavy atom. The van der Waals surface area contributed by atoms with Crippen LogP contribution < -0.4 is 15.1 Å². The highest BCUT2D eigenvalue weighted by molar-refractivity contribution is 7.85. The third-order valence-corrected chi connectivity index (χ3v) is 7.56. The lowest BCUT2D eigenvalue weighted by Crippen LogP contribution is -2.47. The second kappa shape index (κ2) is 9.62. The minimum absolute atomic E-state index is 0.0192. The van der Waals surface area contributed by atoms with Gasteiger partial charge >= 0.3 is 5.97 Å². The van der Waals surface area contributed by atoms with E-state index in [9.17, 15) is 9.00 Å². The smallest absolute Gasteiger partial charge is 0.328 e. The van der Waals surface area contributed by atoms with Crippen LogP contribution in [-0.2, 0) is 26.8 Å². The number of carbonyl (C=O) groups excluding carboxylic acids is 1. The molecule has 2 aliphatic heterocycles. The zero-order chi connectivity index (χ0) is 22.8. The molecule has 3 heterocycles. The van der Waals surface area contributed by atoms with Gasteiger partial charge in [0.1, 0.15) is 16.8 Å². The number of nitrogens with one attached hydrogen (secondary N) is 1. The number of piperazine rings is 1. The second-order valence-corrected chi connectivity index (χ2v) is 10.2. The van der Waals surface area contributed by atoms with Gasteiger partial charge in [0.2, 0.25) is 5.95 Å². The third kappa shape index (κ3) is 4.68. The van der Waals surface area contributed by atoms with Gasteiger partial charge in [0.25, 0.3) is 0 Å². The summed E-state index contributed by atoms with van der Waals surface area (Å²) in [5, 5.41) is 3.94. The largest absolute Gasteiger partial charge is 0.467 e. The number of benzene rings is 1. The quantitative estimate of drug-likeness (QED) is 0.635. The molecule has 0 amide bonds. The lowest BCUT2D eigenvalue weighted by Gasteiger charge is -2.36. The summed E-state index contributed by atoms with van der Waals surface area (Å²) in [6, 6.07) is 7.28. The molecule has 2 aromatic rings. The Kier molecular flexibility index (Phi) is 6.85. The van der Waals surface area contributed by atoms with Crippen molar-refractivity contribution >= 4 is 45.8 Å². The number of aryl methyl sites for hydroxylation is 1. The molecule has 2 aliphatic rings. The molecule has 10 heteroatoms. The number of aromatic nitrogens is 2. The lowest BCUT2D eigenvalue weighted by atomic mass is 10.0. The van der Waals surface area contributed by atoms with Crippen molar-refractivity contribution in [2.75, 3.05) is 54.2 Å². The Labute approximate surface area is 195 Å². The van der Waals surface area contributed by atoms with Crippen LogP contribution in [0.15, 0.2) is 29.2 Å². The summed E-state index contributed by atoms with van der Waals surface area (Å²) in [7, 11) is 0.191. The van der Waals surface area contributed by atoms with E-state index in [1.165, 1.54) is 7.11 Å². The predicted octanol–water partition coefficient (Wildman–Crippen LogP) is 2.73. The minimum atomic E-state index is -1.18. The molecule has 1 N–H and O–H groups in total. The van der Waals surface area contributed by atoms with Crippen molar-refractivity contribution in [1.29, 1.82) is 0 Å². The van der Waals surface area contributed by atoms with Crippen LogP contribution in [0.2, 0.25) is 5.02 Å². The Morgan fingerprint density at radius 2 is 1.78 bits per heavy atom. The number of halogens is 1. The normalized spacial score (nSPS) is 19.1. The van der Waals surface area contributed by atoms with Gasteiger partial charge in [-0.2, -0.15) is 4.98 Å². The maximum Gasteiger partial charge on any atom is 0.328 e. The Bertz CT molecular complexity index is 1010. The van der Waals surface area contributed by atoms with Crippen LogP contribution in [0.25, 0.3) is 0 Å². The van der Waals surface area contributed by atoms with Gasteiger partial charge in [-0.15, -0.1) is 0 Å². The number of esters is 1. The molecule has 0 saturated carbocycles. The summed E-state index contributed by atoms with van der Waals surface area (Å²) in [5.41, 5.74) is 1.93. The molecule has 8 nitrogen and oxygen atoms in total. The van der Waals surface area contributed by atoms with E-state index >= 15 is 0 Å². The van der Waals surface area contributed by atoms with E-state index in [1.807, 2.05) is 38.1 Å². The number of methoxy groups -OCH3 is 1. The molecule has 2 atom stereocenters. The van der Waals surface area contributed by atoms with Crippen LogP contribution in [0.4, 0.5) is 17.5 Å². The van der Waals surface area contributed by atoms with E-state index in [1.54, 1.807) is 0 Å². The molecular weight excluding hydrogens is 450 g/mol. The summed E-state index contributed by atoms with van der Waals surface area (Å²) in [5.74, 6) is 1.22. The molecule has 0 bridgehead atoms. The van der Waals surface area contributed by atoms with Crippen molar-refractivity contribution in [2.45, 2.75) is 31.2 Å². The molecule has 0 spiro atoms. The van der Waals surface area contributed by atoms with Gasteiger partial charge in [-0.1, -0.05) is 25.4 Å². The van der Waals surface area contributed by atoms with Gasteiger partial charge in [-0.05, 0) is 30.2 Å². The van der Waals surface area contributed by atoms with Gasteiger partial charge in [0, 0.05) is 49.1 Å². The summed E-state index contributed by atoms with van der Waals surface area (Å²) in [6.45, 7) is 7.04. The first kappa shape index (κ1) is 22.8. The Morgan fingerprint density at radius 3 is 2.41 bits per heavy atom. The van der Waals surface area contributed by atoms with Crippen LogP contribution >= 0.6 is 11.6 Å². The van der Waals surface area contributed by atoms with E-state index in [-0.39, 0.29) is 11.9 Å². The molecule has 1 saturated heterocycles. The second-order valence-electron chi connectivity index (χ2n) is 8.29. The topological polar surface area (TPSA) is 87.7 Å². The summed E-state index contributed by atoms with van der Waals surface area (Å²) >= 11 is 6.01. The number of carbonyl (C=O) groups is 1. The van der Waals surface area contributed by atoms with Crippen LogP contribution in [0.5, 0.6) is 0 Å².